The van der Waals surface area contributed by atoms with Crippen molar-refractivity contribution in [1.82, 2.24) is 34.0 Å². The van der Waals surface area contributed by atoms with Crippen LogP contribution in [0.2, 0.25) is 5.02 Å². The van der Waals surface area contributed by atoms with Crippen molar-refractivity contribution >= 4 is 29.0 Å². The molecule has 0 aliphatic carbocycles. The first-order valence-corrected chi connectivity index (χ1v) is 9.33. The minimum atomic E-state index is -0.198. The third kappa shape index (κ3) is 3.28. The van der Waals surface area contributed by atoms with Gasteiger partial charge in [0, 0.05) is 23.7 Å². The number of fused-ring (bicyclic) bond motifs is 1. The third-order valence-electron chi connectivity index (χ3n) is 3.87. The molecule has 2 N–H and O–H groups in total. The summed E-state index contributed by atoms with van der Waals surface area (Å²) in [6.07, 6.45) is 1.54. The summed E-state index contributed by atoms with van der Waals surface area (Å²) in [6.45, 7) is 3.81. The van der Waals surface area contributed by atoms with Gasteiger partial charge >= 0.3 is 0 Å². The van der Waals surface area contributed by atoms with Gasteiger partial charge in [-0.15, -0.1) is 10.2 Å². The zero-order valence-electron chi connectivity index (χ0n) is 14.5. The molecule has 9 nitrogen and oxygen atoms in total. The summed E-state index contributed by atoms with van der Waals surface area (Å²) in [5.74, 6) is 6.96. The molecule has 0 aliphatic heterocycles. The van der Waals surface area contributed by atoms with E-state index in [-0.39, 0.29) is 5.56 Å². The van der Waals surface area contributed by atoms with E-state index in [0.29, 0.717) is 33.2 Å². The Morgan fingerprint density at radius 3 is 2.78 bits per heavy atom. The molecule has 0 aliphatic rings. The van der Waals surface area contributed by atoms with Crippen molar-refractivity contribution in [3.8, 4) is 5.95 Å². The molecule has 27 heavy (non-hydrogen) atoms. The van der Waals surface area contributed by atoms with E-state index in [0.717, 1.165) is 11.4 Å². The number of nitrogens with zero attached hydrogens (tertiary/aromatic N) is 7. The molecular formula is C16H15ClN8OS. The van der Waals surface area contributed by atoms with E-state index in [9.17, 15) is 4.79 Å². The number of aromatic nitrogens is 7. The zero-order valence-corrected chi connectivity index (χ0v) is 16.1. The molecule has 0 fully saturated rings. The van der Waals surface area contributed by atoms with Crippen molar-refractivity contribution in [2.24, 2.45) is 0 Å². The molecule has 0 radical (unpaired) electrons. The molecule has 0 unspecified atom stereocenters. The van der Waals surface area contributed by atoms with Gasteiger partial charge in [0.15, 0.2) is 0 Å². The van der Waals surface area contributed by atoms with Crippen molar-refractivity contribution in [3.63, 3.8) is 0 Å². The summed E-state index contributed by atoms with van der Waals surface area (Å²) in [5.41, 5.74) is 2.72. The highest BCUT2D eigenvalue weighted by atomic mass is 35.5. The van der Waals surface area contributed by atoms with Crippen LogP contribution in [0.5, 0.6) is 0 Å². The van der Waals surface area contributed by atoms with E-state index >= 15 is 0 Å². The number of nitrogen functional groups attached to an aromatic ring is 1. The lowest BCUT2D eigenvalue weighted by molar-refractivity contribution is 0.727. The first-order chi connectivity index (χ1) is 12.9. The van der Waals surface area contributed by atoms with Crippen molar-refractivity contribution < 1.29 is 0 Å². The van der Waals surface area contributed by atoms with Gasteiger partial charge < -0.3 is 5.84 Å². The highest BCUT2D eigenvalue weighted by Crippen LogP contribution is 2.21. The minimum absolute atomic E-state index is 0.198. The number of hydrogen-bond acceptors (Lipinski definition) is 7. The van der Waals surface area contributed by atoms with Gasteiger partial charge in [0.25, 0.3) is 11.5 Å². The maximum Gasteiger partial charge on any atom is 0.271 e. The van der Waals surface area contributed by atoms with Crippen LogP contribution in [-0.4, -0.2) is 34.0 Å². The first kappa shape index (κ1) is 17.6. The van der Waals surface area contributed by atoms with Gasteiger partial charge in [0.05, 0.1) is 16.4 Å². The molecule has 4 aromatic rings. The fraction of sp³-hybridized carbons (Fsp3) is 0.188. The molecule has 0 aromatic carbocycles. The Labute approximate surface area is 162 Å². The second-order valence-corrected chi connectivity index (χ2v) is 7.32. The van der Waals surface area contributed by atoms with Crippen LogP contribution in [0.4, 0.5) is 0 Å². The van der Waals surface area contributed by atoms with Gasteiger partial charge in [-0.2, -0.15) is 5.10 Å². The van der Waals surface area contributed by atoms with E-state index < -0.39 is 0 Å². The molecule has 0 spiro atoms. The van der Waals surface area contributed by atoms with Crippen LogP contribution in [0, 0.1) is 13.8 Å². The Kier molecular flexibility index (Phi) is 4.36. The SMILES string of the molecule is Cc1cc(C)n(-c2nnc(SCc3cc(=O)n4cc(Cl)ccc4n3)n2N)n1. The number of nitrogens with two attached hydrogens (primary N) is 1. The van der Waals surface area contributed by atoms with Crippen LogP contribution < -0.4 is 11.4 Å². The predicted molar refractivity (Wildman–Crippen MR) is 103 cm³/mol. The monoisotopic (exact) mass is 402 g/mol. The lowest BCUT2D eigenvalue weighted by Crippen LogP contribution is -2.17. The first-order valence-electron chi connectivity index (χ1n) is 7.97. The molecule has 4 aromatic heterocycles. The van der Waals surface area contributed by atoms with Crippen molar-refractivity contribution in [2.75, 3.05) is 5.84 Å². The standard InChI is InChI=1S/C16H15ClN8OS/c1-9-5-10(2)25(22-9)15-20-21-16(24(15)18)27-8-12-6-14(26)23-7-11(17)3-4-13(23)19-12/h3-7H,8,18H2,1-2H3. The Hall–Kier alpha value is -2.85. The van der Waals surface area contributed by atoms with Crippen LogP contribution in [0.3, 0.4) is 0 Å². The van der Waals surface area contributed by atoms with E-state index in [4.69, 9.17) is 17.4 Å². The normalized spacial score (nSPS) is 11.4. The van der Waals surface area contributed by atoms with Crippen LogP contribution in [0.15, 0.2) is 40.4 Å². The summed E-state index contributed by atoms with van der Waals surface area (Å²) < 4.78 is 4.41. The molecular weight excluding hydrogens is 388 g/mol. The van der Waals surface area contributed by atoms with Gasteiger partial charge in [-0.3, -0.25) is 9.20 Å². The van der Waals surface area contributed by atoms with Crippen molar-refractivity contribution in [2.45, 2.75) is 24.8 Å². The number of pyridine rings is 1. The largest absolute Gasteiger partial charge is 0.334 e. The highest BCUT2D eigenvalue weighted by molar-refractivity contribution is 7.98. The maximum atomic E-state index is 12.2. The van der Waals surface area contributed by atoms with Gasteiger partial charge in [-0.25, -0.2) is 14.3 Å². The minimum Gasteiger partial charge on any atom is -0.334 e. The summed E-state index contributed by atoms with van der Waals surface area (Å²) in [6, 6.07) is 6.79. The van der Waals surface area contributed by atoms with Gasteiger partial charge in [0.2, 0.25) is 5.16 Å². The fourth-order valence-corrected chi connectivity index (χ4v) is 3.59. The summed E-state index contributed by atoms with van der Waals surface area (Å²) in [5, 5.41) is 13.6. The smallest absolute Gasteiger partial charge is 0.271 e. The molecule has 0 bridgehead atoms. The average molecular weight is 403 g/mol. The summed E-state index contributed by atoms with van der Waals surface area (Å²) >= 11 is 7.26. The summed E-state index contributed by atoms with van der Waals surface area (Å²) in [7, 11) is 0. The molecule has 0 saturated heterocycles. The van der Waals surface area contributed by atoms with Crippen LogP contribution in [0.25, 0.3) is 11.6 Å². The number of aryl methyl sites for hydroxylation is 2. The molecule has 4 heterocycles. The number of halogens is 1. The van der Waals surface area contributed by atoms with E-state index in [1.165, 1.54) is 26.9 Å². The molecule has 11 heteroatoms. The lowest BCUT2D eigenvalue weighted by Gasteiger charge is -2.06. The quantitative estimate of drug-likeness (QED) is 0.409. The second kappa shape index (κ2) is 6.71. The van der Waals surface area contributed by atoms with E-state index in [1.807, 2.05) is 19.9 Å². The third-order valence-corrected chi connectivity index (χ3v) is 5.07. The number of thioether (sulfide) groups is 1. The molecule has 0 saturated carbocycles. The molecule has 4 rings (SSSR count). The zero-order chi connectivity index (χ0) is 19.1. The highest BCUT2D eigenvalue weighted by Gasteiger charge is 2.15. The molecule has 0 atom stereocenters. The lowest BCUT2D eigenvalue weighted by atomic mass is 10.4. The number of hydrogen-bond donors (Lipinski definition) is 1. The van der Waals surface area contributed by atoms with Gasteiger partial charge in [-0.1, -0.05) is 23.4 Å². The van der Waals surface area contributed by atoms with Crippen LogP contribution in [-0.2, 0) is 5.75 Å². The Bertz CT molecular complexity index is 1210. The van der Waals surface area contributed by atoms with Crippen LogP contribution >= 0.6 is 23.4 Å². The second-order valence-electron chi connectivity index (χ2n) is 5.94. The van der Waals surface area contributed by atoms with Gasteiger partial charge in [-0.05, 0) is 32.0 Å². The van der Waals surface area contributed by atoms with Crippen molar-refractivity contribution in [3.05, 3.63) is 62.9 Å². The average Bonchev–Trinajstić information content (AvgIpc) is 3.15. The Morgan fingerprint density at radius 1 is 1.22 bits per heavy atom. The number of rotatable bonds is 4. The van der Waals surface area contributed by atoms with E-state index in [1.54, 1.807) is 23.0 Å². The maximum absolute atomic E-state index is 12.2. The van der Waals surface area contributed by atoms with Crippen LogP contribution in [0.1, 0.15) is 17.1 Å². The predicted octanol–water partition coefficient (Wildman–Crippen LogP) is 1.75. The van der Waals surface area contributed by atoms with Crippen molar-refractivity contribution in [1.29, 1.82) is 0 Å². The molecule has 0 amide bonds. The summed E-state index contributed by atoms with van der Waals surface area (Å²) in [4.78, 5) is 16.7. The Morgan fingerprint density at radius 2 is 2.04 bits per heavy atom. The fourth-order valence-electron chi connectivity index (χ4n) is 2.68. The van der Waals surface area contributed by atoms with E-state index in [2.05, 4.69) is 20.3 Å². The van der Waals surface area contributed by atoms with Gasteiger partial charge in [0.1, 0.15) is 5.65 Å². The molecule has 138 valence electrons. The Balaban J connectivity index is 1.59. The topological polar surface area (TPSA) is 109 Å².